The van der Waals surface area contributed by atoms with Gasteiger partial charge in [-0.2, -0.15) is 0 Å². The van der Waals surface area contributed by atoms with Crippen LogP contribution in [0.2, 0.25) is 0 Å². The van der Waals surface area contributed by atoms with E-state index in [1.165, 1.54) is 38.5 Å². The molecule has 3 nitrogen and oxygen atoms in total. The average molecular weight is 398 g/mol. The summed E-state index contributed by atoms with van der Waals surface area (Å²) in [4.78, 5) is 4.29. The smallest absolute Gasteiger partial charge is 0.0916 e. The van der Waals surface area contributed by atoms with Crippen molar-refractivity contribution >= 4 is 0 Å². The lowest BCUT2D eigenvalue weighted by Crippen LogP contribution is -2.55. The highest BCUT2D eigenvalue weighted by atomic mass is 16.3. The molecule has 3 heteroatoms. The van der Waals surface area contributed by atoms with Crippen molar-refractivity contribution in [3.63, 3.8) is 0 Å². The van der Waals surface area contributed by atoms with E-state index in [0.29, 0.717) is 17.3 Å². The first kappa shape index (κ1) is 20.0. The molecule has 4 fully saturated rings. The Morgan fingerprint density at radius 3 is 2.52 bits per heavy atom. The van der Waals surface area contributed by atoms with Crippen LogP contribution in [0, 0.1) is 40.4 Å². The minimum atomic E-state index is -0.805. The fraction of sp³-hybridized carbons (Fsp3) is 0.808. The molecule has 1 heterocycles. The first-order valence-corrected chi connectivity index (χ1v) is 12.1. The molecule has 0 aromatic carbocycles. The van der Waals surface area contributed by atoms with Crippen LogP contribution in [0.5, 0.6) is 0 Å². The number of aliphatic hydroxyl groups excluding tert-OH is 1. The van der Waals surface area contributed by atoms with Crippen molar-refractivity contribution in [3.05, 3.63) is 30.1 Å². The van der Waals surface area contributed by atoms with Gasteiger partial charge in [-0.05, 0) is 111 Å². The minimum Gasteiger partial charge on any atom is -0.393 e. The molecule has 0 aliphatic heterocycles. The number of aliphatic hydroxyl groups is 2. The van der Waals surface area contributed by atoms with Crippen LogP contribution < -0.4 is 0 Å². The SMILES string of the molecule is CC(O)(c1cccnc1)[C@H]1CC[C@H]2[C@@H]3CCC4C[C@@H](O)CC[C@]4(C)[C@H]3CC[C@]12C. The largest absolute Gasteiger partial charge is 0.393 e. The Balaban J connectivity index is 1.43. The number of hydrogen-bond acceptors (Lipinski definition) is 3. The highest BCUT2D eigenvalue weighted by molar-refractivity contribution is 5.22. The number of pyridine rings is 1. The van der Waals surface area contributed by atoms with E-state index >= 15 is 0 Å². The van der Waals surface area contributed by atoms with Crippen LogP contribution in [-0.4, -0.2) is 21.3 Å². The van der Waals surface area contributed by atoms with Gasteiger partial charge in [0, 0.05) is 18.0 Å². The van der Waals surface area contributed by atoms with Crippen LogP contribution in [0.3, 0.4) is 0 Å². The van der Waals surface area contributed by atoms with Crippen LogP contribution in [0.1, 0.15) is 84.1 Å². The van der Waals surface area contributed by atoms with E-state index in [-0.39, 0.29) is 11.5 Å². The fourth-order valence-corrected chi connectivity index (χ4v) is 9.02. The van der Waals surface area contributed by atoms with E-state index in [1.54, 1.807) is 6.20 Å². The van der Waals surface area contributed by atoms with Crippen molar-refractivity contribution in [1.82, 2.24) is 4.98 Å². The van der Waals surface area contributed by atoms with Crippen LogP contribution >= 0.6 is 0 Å². The van der Waals surface area contributed by atoms with E-state index < -0.39 is 5.60 Å². The summed E-state index contributed by atoms with van der Waals surface area (Å²) in [6.07, 6.45) is 14.4. The van der Waals surface area contributed by atoms with Gasteiger partial charge in [-0.15, -0.1) is 0 Å². The number of nitrogens with zero attached hydrogens (tertiary/aromatic N) is 1. The van der Waals surface area contributed by atoms with Gasteiger partial charge in [0.15, 0.2) is 0 Å². The van der Waals surface area contributed by atoms with Crippen molar-refractivity contribution in [2.24, 2.45) is 40.4 Å². The van der Waals surface area contributed by atoms with E-state index in [1.807, 2.05) is 19.2 Å². The van der Waals surface area contributed by atoms with Crippen molar-refractivity contribution in [1.29, 1.82) is 0 Å². The Labute approximate surface area is 176 Å². The predicted octanol–water partition coefficient (Wildman–Crippen LogP) is 5.31. The van der Waals surface area contributed by atoms with Crippen molar-refractivity contribution in [2.75, 3.05) is 0 Å². The second-order valence-corrected chi connectivity index (χ2v) is 11.6. The molecule has 1 aromatic heterocycles. The van der Waals surface area contributed by atoms with Gasteiger partial charge < -0.3 is 10.2 Å². The van der Waals surface area contributed by atoms with Gasteiger partial charge in [0.2, 0.25) is 0 Å². The molecule has 4 aliphatic rings. The predicted molar refractivity (Wildman–Crippen MR) is 115 cm³/mol. The van der Waals surface area contributed by atoms with Crippen LogP contribution in [0.25, 0.3) is 0 Å². The van der Waals surface area contributed by atoms with Crippen LogP contribution in [0.15, 0.2) is 24.5 Å². The van der Waals surface area contributed by atoms with E-state index in [2.05, 4.69) is 24.9 Å². The van der Waals surface area contributed by atoms with E-state index in [4.69, 9.17) is 0 Å². The molecule has 1 aromatic rings. The first-order valence-electron chi connectivity index (χ1n) is 12.1. The summed E-state index contributed by atoms with van der Waals surface area (Å²) in [7, 11) is 0. The summed E-state index contributed by atoms with van der Waals surface area (Å²) >= 11 is 0. The Morgan fingerprint density at radius 1 is 1.00 bits per heavy atom. The number of hydrogen-bond donors (Lipinski definition) is 2. The third kappa shape index (κ3) is 2.86. The Morgan fingerprint density at radius 2 is 1.76 bits per heavy atom. The molecule has 9 atom stereocenters. The van der Waals surface area contributed by atoms with Gasteiger partial charge in [0.25, 0.3) is 0 Å². The summed E-state index contributed by atoms with van der Waals surface area (Å²) in [6.45, 7) is 7.09. The van der Waals surface area contributed by atoms with Gasteiger partial charge in [0.1, 0.15) is 0 Å². The summed E-state index contributed by atoms with van der Waals surface area (Å²) in [5, 5.41) is 21.9. The Bertz CT molecular complexity index is 748. The molecule has 2 unspecified atom stereocenters. The zero-order valence-corrected chi connectivity index (χ0v) is 18.5. The van der Waals surface area contributed by atoms with E-state index in [9.17, 15) is 10.2 Å². The van der Waals surface area contributed by atoms with Crippen LogP contribution in [0.4, 0.5) is 0 Å². The molecule has 4 saturated carbocycles. The molecule has 5 rings (SSSR count). The van der Waals surface area contributed by atoms with Gasteiger partial charge in [-0.3, -0.25) is 4.98 Å². The average Bonchev–Trinajstić information content (AvgIpc) is 3.07. The van der Waals surface area contributed by atoms with Gasteiger partial charge in [-0.1, -0.05) is 19.9 Å². The molecule has 2 N–H and O–H groups in total. The lowest BCUT2D eigenvalue weighted by molar-refractivity contribution is -0.145. The van der Waals surface area contributed by atoms with Crippen molar-refractivity contribution in [2.45, 2.75) is 90.3 Å². The molecular weight excluding hydrogens is 358 g/mol. The van der Waals surface area contributed by atoms with E-state index in [0.717, 1.165) is 42.6 Å². The topological polar surface area (TPSA) is 53.4 Å². The molecule has 160 valence electrons. The zero-order chi connectivity index (χ0) is 20.4. The van der Waals surface area contributed by atoms with Crippen molar-refractivity contribution < 1.29 is 10.2 Å². The second-order valence-electron chi connectivity index (χ2n) is 11.6. The minimum absolute atomic E-state index is 0.0658. The molecule has 0 bridgehead atoms. The highest BCUT2D eigenvalue weighted by Gasteiger charge is 2.62. The summed E-state index contributed by atoms with van der Waals surface area (Å²) in [5.41, 5.74) is 0.817. The molecule has 4 aliphatic carbocycles. The lowest BCUT2D eigenvalue weighted by Gasteiger charge is -2.61. The van der Waals surface area contributed by atoms with Crippen LogP contribution in [-0.2, 0) is 5.60 Å². The third-order valence-electron chi connectivity index (χ3n) is 10.6. The van der Waals surface area contributed by atoms with Gasteiger partial charge in [-0.25, -0.2) is 0 Å². The molecule has 29 heavy (non-hydrogen) atoms. The van der Waals surface area contributed by atoms with Crippen molar-refractivity contribution in [3.8, 4) is 0 Å². The monoisotopic (exact) mass is 397 g/mol. The molecular formula is C26H39NO2. The normalized spacial score (nSPS) is 48.9. The van der Waals surface area contributed by atoms with Gasteiger partial charge >= 0.3 is 0 Å². The zero-order valence-electron chi connectivity index (χ0n) is 18.5. The van der Waals surface area contributed by atoms with Gasteiger partial charge in [0.05, 0.1) is 11.7 Å². The Kier molecular flexibility index (Phi) is 4.68. The number of aromatic nitrogens is 1. The maximum absolute atomic E-state index is 11.7. The molecule has 0 radical (unpaired) electrons. The standard InChI is InChI=1S/C26H39NO2/c1-24-12-10-19(28)15-17(24)6-7-20-21-8-9-23(25(21,2)13-11-22(20)24)26(3,29)18-5-4-14-27-16-18/h4-5,14,16-17,19-23,28-29H,6-13,15H2,1-3H3/t17?,19-,20-,21-,22-,23-,24-,25-,26?/m0/s1. The summed E-state index contributed by atoms with van der Waals surface area (Å²) < 4.78 is 0. The molecule has 0 spiro atoms. The quantitative estimate of drug-likeness (QED) is 0.711. The lowest BCUT2D eigenvalue weighted by atomic mass is 9.44. The summed E-state index contributed by atoms with van der Waals surface area (Å²) in [5.74, 6) is 3.38. The molecule has 0 amide bonds. The second kappa shape index (κ2) is 6.79. The maximum Gasteiger partial charge on any atom is 0.0916 e. The number of fused-ring (bicyclic) bond motifs is 5. The summed E-state index contributed by atoms with van der Waals surface area (Å²) in [6, 6.07) is 4.00. The third-order valence-corrected chi connectivity index (χ3v) is 10.6. The highest BCUT2D eigenvalue weighted by Crippen LogP contribution is 2.69. The maximum atomic E-state index is 11.7. The number of rotatable bonds is 2. The fourth-order valence-electron chi connectivity index (χ4n) is 9.02. The molecule has 0 saturated heterocycles. The first-order chi connectivity index (χ1) is 13.8. The Hall–Kier alpha value is -0.930.